The summed E-state index contributed by atoms with van der Waals surface area (Å²) in [5.74, 6) is 1.91. The molecule has 0 N–H and O–H groups in total. The predicted octanol–water partition coefficient (Wildman–Crippen LogP) is 2.72. The van der Waals surface area contributed by atoms with Gasteiger partial charge in [0.2, 0.25) is 0 Å². The average molecular weight is 253 g/mol. The Morgan fingerprint density at radius 1 is 1.18 bits per heavy atom. The molecule has 17 heavy (non-hydrogen) atoms. The van der Waals surface area contributed by atoms with E-state index in [0.717, 1.165) is 31.0 Å². The first-order chi connectivity index (χ1) is 8.08. The van der Waals surface area contributed by atoms with Crippen LogP contribution in [-0.2, 0) is 6.42 Å². The molecule has 1 rings (SSSR count). The summed E-state index contributed by atoms with van der Waals surface area (Å²) in [5.41, 5.74) is 3.91. The van der Waals surface area contributed by atoms with Gasteiger partial charge in [0.15, 0.2) is 0 Å². The number of ether oxygens (including phenoxy) is 1. The standard InChI is InChI=1S/C14H23NOS/c1-11-9-13(5-6-15(3)7-8-17)14(16-4)10-12(11)2/h9-10,17H,5-8H2,1-4H3. The molecule has 0 spiro atoms. The first-order valence-electron chi connectivity index (χ1n) is 6.02. The lowest BCUT2D eigenvalue weighted by Crippen LogP contribution is -2.23. The monoisotopic (exact) mass is 253 g/mol. The zero-order valence-corrected chi connectivity index (χ0v) is 12.2. The molecule has 0 fully saturated rings. The second-order valence-electron chi connectivity index (χ2n) is 4.53. The van der Waals surface area contributed by atoms with Crippen LogP contribution in [0, 0.1) is 13.8 Å². The molecule has 0 saturated heterocycles. The van der Waals surface area contributed by atoms with Crippen LogP contribution in [0.5, 0.6) is 5.75 Å². The number of nitrogens with zero attached hydrogens (tertiary/aromatic N) is 1. The zero-order chi connectivity index (χ0) is 12.8. The Morgan fingerprint density at radius 3 is 2.41 bits per heavy atom. The molecule has 0 amide bonds. The van der Waals surface area contributed by atoms with Crippen molar-refractivity contribution < 1.29 is 4.74 Å². The van der Waals surface area contributed by atoms with Crippen LogP contribution < -0.4 is 4.74 Å². The third-order valence-electron chi connectivity index (χ3n) is 3.14. The fourth-order valence-electron chi connectivity index (χ4n) is 1.83. The van der Waals surface area contributed by atoms with E-state index in [4.69, 9.17) is 4.74 Å². The number of methoxy groups -OCH3 is 1. The topological polar surface area (TPSA) is 12.5 Å². The zero-order valence-electron chi connectivity index (χ0n) is 11.3. The van der Waals surface area contributed by atoms with E-state index in [1.807, 2.05) is 0 Å². The fraction of sp³-hybridized carbons (Fsp3) is 0.571. The maximum absolute atomic E-state index is 5.44. The largest absolute Gasteiger partial charge is 0.496 e. The van der Waals surface area contributed by atoms with E-state index in [1.54, 1.807) is 7.11 Å². The molecule has 96 valence electrons. The summed E-state index contributed by atoms with van der Waals surface area (Å²) in [6, 6.07) is 4.37. The number of thiol groups is 1. The van der Waals surface area contributed by atoms with Crippen molar-refractivity contribution >= 4 is 12.6 Å². The third kappa shape index (κ3) is 4.25. The quantitative estimate of drug-likeness (QED) is 0.783. The van der Waals surface area contributed by atoms with Crippen molar-refractivity contribution in [3.63, 3.8) is 0 Å². The van der Waals surface area contributed by atoms with Gasteiger partial charge < -0.3 is 9.64 Å². The third-order valence-corrected chi connectivity index (χ3v) is 3.34. The maximum atomic E-state index is 5.44. The SMILES string of the molecule is COc1cc(C)c(C)cc1CCN(C)CCS. The molecule has 0 aromatic heterocycles. The summed E-state index contributed by atoms with van der Waals surface area (Å²) in [4.78, 5) is 2.29. The number of hydrogen-bond donors (Lipinski definition) is 1. The number of hydrogen-bond acceptors (Lipinski definition) is 3. The molecule has 2 nitrogen and oxygen atoms in total. The van der Waals surface area contributed by atoms with Crippen molar-refractivity contribution in [3.05, 3.63) is 28.8 Å². The molecular formula is C14H23NOS. The van der Waals surface area contributed by atoms with Gasteiger partial charge in [-0.1, -0.05) is 6.07 Å². The second-order valence-corrected chi connectivity index (χ2v) is 4.97. The maximum Gasteiger partial charge on any atom is 0.122 e. The van der Waals surface area contributed by atoms with Crippen LogP contribution in [0.25, 0.3) is 0 Å². The van der Waals surface area contributed by atoms with Crippen molar-refractivity contribution in [2.75, 3.05) is 33.0 Å². The van der Waals surface area contributed by atoms with Gasteiger partial charge in [-0.05, 0) is 50.1 Å². The Kier molecular flexibility index (Phi) is 5.86. The van der Waals surface area contributed by atoms with Crippen molar-refractivity contribution in [1.82, 2.24) is 4.90 Å². The molecule has 0 bridgehead atoms. The molecule has 0 aliphatic rings. The number of rotatable bonds is 6. The molecule has 0 heterocycles. The number of likely N-dealkylation sites (N-methyl/N-ethyl adjacent to an activating group) is 1. The molecule has 0 aliphatic carbocycles. The van der Waals surface area contributed by atoms with Gasteiger partial charge in [0, 0.05) is 18.8 Å². The Hall–Kier alpha value is -0.670. The Bertz CT molecular complexity index is 365. The minimum absolute atomic E-state index is 0.903. The van der Waals surface area contributed by atoms with Gasteiger partial charge in [0.25, 0.3) is 0 Å². The molecule has 0 unspecified atom stereocenters. The van der Waals surface area contributed by atoms with Crippen molar-refractivity contribution in [2.24, 2.45) is 0 Å². The highest BCUT2D eigenvalue weighted by Gasteiger charge is 2.07. The van der Waals surface area contributed by atoms with Crippen LogP contribution in [0.4, 0.5) is 0 Å². The smallest absolute Gasteiger partial charge is 0.122 e. The molecular weight excluding hydrogens is 230 g/mol. The van der Waals surface area contributed by atoms with Crippen LogP contribution >= 0.6 is 12.6 Å². The molecule has 0 radical (unpaired) electrons. The van der Waals surface area contributed by atoms with E-state index in [-0.39, 0.29) is 0 Å². The summed E-state index contributed by atoms with van der Waals surface area (Å²) in [6.07, 6.45) is 1.02. The molecule has 1 aromatic rings. The highest BCUT2D eigenvalue weighted by Crippen LogP contribution is 2.23. The van der Waals surface area contributed by atoms with E-state index >= 15 is 0 Å². The van der Waals surface area contributed by atoms with E-state index in [0.29, 0.717) is 0 Å². The Balaban J connectivity index is 2.72. The van der Waals surface area contributed by atoms with Crippen LogP contribution in [0.15, 0.2) is 12.1 Å². The van der Waals surface area contributed by atoms with Crippen molar-refractivity contribution in [2.45, 2.75) is 20.3 Å². The summed E-state index contributed by atoms with van der Waals surface area (Å²) < 4.78 is 5.44. The highest BCUT2D eigenvalue weighted by atomic mass is 32.1. The first-order valence-corrected chi connectivity index (χ1v) is 6.65. The lowest BCUT2D eigenvalue weighted by atomic mass is 10.0. The minimum atomic E-state index is 0.903. The van der Waals surface area contributed by atoms with Gasteiger partial charge in [-0.2, -0.15) is 12.6 Å². The predicted molar refractivity (Wildman–Crippen MR) is 77.5 cm³/mol. The molecule has 3 heteroatoms. The highest BCUT2D eigenvalue weighted by molar-refractivity contribution is 7.80. The average Bonchev–Trinajstić information content (AvgIpc) is 2.30. The van der Waals surface area contributed by atoms with Crippen LogP contribution in [0.1, 0.15) is 16.7 Å². The van der Waals surface area contributed by atoms with Crippen LogP contribution in [0.3, 0.4) is 0 Å². The van der Waals surface area contributed by atoms with Crippen molar-refractivity contribution in [1.29, 1.82) is 0 Å². The summed E-state index contributed by atoms with van der Waals surface area (Å²) in [7, 11) is 3.87. The summed E-state index contributed by atoms with van der Waals surface area (Å²) >= 11 is 4.24. The van der Waals surface area contributed by atoms with Gasteiger partial charge in [0.05, 0.1) is 7.11 Å². The summed E-state index contributed by atoms with van der Waals surface area (Å²) in [5, 5.41) is 0. The van der Waals surface area contributed by atoms with Crippen LogP contribution in [-0.4, -0.2) is 37.9 Å². The number of benzene rings is 1. The Morgan fingerprint density at radius 2 is 1.82 bits per heavy atom. The van der Waals surface area contributed by atoms with E-state index < -0.39 is 0 Å². The lowest BCUT2D eigenvalue weighted by molar-refractivity contribution is 0.355. The van der Waals surface area contributed by atoms with Gasteiger partial charge in [-0.3, -0.25) is 0 Å². The first kappa shape index (κ1) is 14.4. The van der Waals surface area contributed by atoms with Gasteiger partial charge in [-0.25, -0.2) is 0 Å². The molecule has 0 aliphatic heterocycles. The lowest BCUT2D eigenvalue weighted by Gasteiger charge is -2.17. The fourth-order valence-corrected chi connectivity index (χ4v) is 2.17. The molecule has 1 aromatic carbocycles. The van der Waals surface area contributed by atoms with Crippen LogP contribution in [0.2, 0.25) is 0 Å². The molecule has 0 atom stereocenters. The van der Waals surface area contributed by atoms with Gasteiger partial charge >= 0.3 is 0 Å². The van der Waals surface area contributed by atoms with E-state index in [2.05, 4.69) is 50.6 Å². The summed E-state index contributed by atoms with van der Waals surface area (Å²) in [6.45, 7) is 6.33. The number of aryl methyl sites for hydroxylation is 2. The van der Waals surface area contributed by atoms with Gasteiger partial charge in [-0.15, -0.1) is 0 Å². The van der Waals surface area contributed by atoms with E-state index in [1.165, 1.54) is 16.7 Å². The normalized spacial score (nSPS) is 10.9. The molecule has 0 saturated carbocycles. The second kappa shape index (κ2) is 6.92. The van der Waals surface area contributed by atoms with Crippen molar-refractivity contribution in [3.8, 4) is 5.75 Å². The minimum Gasteiger partial charge on any atom is -0.496 e. The van der Waals surface area contributed by atoms with Gasteiger partial charge in [0.1, 0.15) is 5.75 Å². The Labute approximate surface area is 110 Å². The van der Waals surface area contributed by atoms with E-state index in [9.17, 15) is 0 Å².